The second-order valence-corrected chi connectivity index (χ2v) is 4.27. The number of fused-ring (bicyclic) bond motifs is 1. The average Bonchev–Trinajstić information content (AvgIpc) is 2.93. The van der Waals surface area contributed by atoms with Crippen molar-refractivity contribution in [2.24, 2.45) is 0 Å². The summed E-state index contributed by atoms with van der Waals surface area (Å²) in [6, 6.07) is 13.8. The van der Waals surface area contributed by atoms with Gasteiger partial charge in [0, 0.05) is 18.3 Å². The van der Waals surface area contributed by atoms with Crippen LogP contribution in [-0.4, -0.2) is 13.9 Å². The number of hydrogen-bond donors (Lipinski definition) is 1. The molecule has 0 amide bonds. The number of anilines is 1. The van der Waals surface area contributed by atoms with Crippen LogP contribution in [0.4, 0.5) is 5.69 Å². The van der Waals surface area contributed by atoms with Crippen LogP contribution in [0.25, 0.3) is 0 Å². The van der Waals surface area contributed by atoms with E-state index in [1.54, 1.807) is 7.11 Å². The first-order valence-electron chi connectivity index (χ1n) is 6.11. The topological polar surface area (TPSA) is 39.7 Å². The van der Waals surface area contributed by atoms with Crippen molar-refractivity contribution in [3.05, 3.63) is 48.0 Å². The molecule has 0 fully saturated rings. The molecule has 3 rings (SSSR count). The van der Waals surface area contributed by atoms with Crippen LogP contribution < -0.4 is 19.5 Å². The van der Waals surface area contributed by atoms with E-state index >= 15 is 0 Å². The lowest BCUT2D eigenvalue weighted by Gasteiger charge is -2.08. The molecule has 1 aliphatic heterocycles. The van der Waals surface area contributed by atoms with Crippen LogP contribution in [0.15, 0.2) is 42.5 Å². The van der Waals surface area contributed by atoms with Crippen molar-refractivity contribution in [2.45, 2.75) is 6.54 Å². The van der Waals surface area contributed by atoms with Crippen LogP contribution in [-0.2, 0) is 6.54 Å². The summed E-state index contributed by atoms with van der Waals surface area (Å²) in [5, 5.41) is 3.35. The summed E-state index contributed by atoms with van der Waals surface area (Å²) in [7, 11) is 1.67. The molecule has 19 heavy (non-hydrogen) atoms. The van der Waals surface area contributed by atoms with Crippen molar-refractivity contribution in [3.63, 3.8) is 0 Å². The average molecular weight is 257 g/mol. The van der Waals surface area contributed by atoms with Gasteiger partial charge in [-0.05, 0) is 29.8 Å². The molecule has 1 N–H and O–H groups in total. The van der Waals surface area contributed by atoms with Gasteiger partial charge in [-0.2, -0.15) is 0 Å². The van der Waals surface area contributed by atoms with E-state index in [0.29, 0.717) is 6.79 Å². The van der Waals surface area contributed by atoms with Gasteiger partial charge in [-0.15, -0.1) is 0 Å². The molecule has 1 heterocycles. The van der Waals surface area contributed by atoms with Crippen LogP contribution in [0, 0.1) is 0 Å². The first-order valence-corrected chi connectivity index (χ1v) is 6.11. The molecule has 0 radical (unpaired) electrons. The third kappa shape index (κ3) is 2.57. The molecule has 0 spiro atoms. The van der Waals surface area contributed by atoms with Gasteiger partial charge in [-0.25, -0.2) is 0 Å². The van der Waals surface area contributed by atoms with Gasteiger partial charge in [0.1, 0.15) is 5.75 Å². The lowest BCUT2D eigenvalue weighted by atomic mass is 10.2. The van der Waals surface area contributed by atoms with Crippen molar-refractivity contribution in [3.8, 4) is 17.2 Å². The molecule has 0 saturated carbocycles. The second-order valence-electron chi connectivity index (χ2n) is 4.27. The van der Waals surface area contributed by atoms with Gasteiger partial charge in [0.25, 0.3) is 0 Å². The minimum atomic E-state index is 0.303. The SMILES string of the molecule is COc1ccc(CNc2ccc3c(c2)OCO3)cc1. The largest absolute Gasteiger partial charge is 0.497 e. The van der Waals surface area contributed by atoms with E-state index in [1.165, 1.54) is 5.56 Å². The van der Waals surface area contributed by atoms with Crippen molar-refractivity contribution in [1.82, 2.24) is 0 Å². The lowest BCUT2D eigenvalue weighted by molar-refractivity contribution is 0.174. The maximum absolute atomic E-state index is 5.34. The van der Waals surface area contributed by atoms with Gasteiger partial charge in [0.05, 0.1) is 7.11 Å². The van der Waals surface area contributed by atoms with Crippen molar-refractivity contribution < 1.29 is 14.2 Å². The summed E-state index contributed by atoms with van der Waals surface area (Å²) in [5.74, 6) is 2.46. The summed E-state index contributed by atoms with van der Waals surface area (Å²) >= 11 is 0. The highest BCUT2D eigenvalue weighted by Gasteiger charge is 2.12. The third-order valence-electron chi connectivity index (χ3n) is 3.03. The Morgan fingerprint density at radius 2 is 1.84 bits per heavy atom. The summed E-state index contributed by atoms with van der Waals surface area (Å²) < 4.78 is 15.8. The Labute approximate surface area is 111 Å². The standard InChI is InChI=1S/C15H15NO3/c1-17-13-5-2-11(3-6-13)9-16-12-4-7-14-15(8-12)19-10-18-14/h2-8,16H,9-10H2,1H3. The molecule has 4 nitrogen and oxygen atoms in total. The number of rotatable bonds is 4. The van der Waals surface area contributed by atoms with Gasteiger partial charge < -0.3 is 19.5 Å². The predicted molar refractivity (Wildman–Crippen MR) is 72.9 cm³/mol. The number of benzene rings is 2. The van der Waals surface area contributed by atoms with E-state index in [4.69, 9.17) is 14.2 Å². The van der Waals surface area contributed by atoms with Crippen LogP contribution in [0.3, 0.4) is 0 Å². The first kappa shape index (κ1) is 11.7. The number of ether oxygens (including phenoxy) is 3. The van der Waals surface area contributed by atoms with Crippen LogP contribution in [0.2, 0.25) is 0 Å². The summed E-state index contributed by atoms with van der Waals surface area (Å²) in [4.78, 5) is 0. The smallest absolute Gasteiger partial charge is 0.231 e. The minimum absolute atomic E-state index is 0.303. The molecule has 2 aromatic carbocycles. The lowest BCUT2D eigenvalue weighted by Crippen LogP contribution is -1.99. The Morgan fingerprint density at radius 3 is 2.63 bits per heavy atom. The monoisotopic (exact) mass is 257 g/mol. The number of nitrogens with one attached hydrogen (secondary N) is 1. The predicted octanol–water partition coefficient (Wildman–Crippen LogP) is 3.04. The molecule has 1 aliphatic rings. The molecule has 0 aliphatic carbocycles. The van der Waals surface area contributed by atoms with Crippen molar-refractivity contribution in [1.29, 1.82) is 0 Å². The van der Waals surface area contributed by atoms with Gasteiger partial charge in [0.15, 0.2) is 11.5 Å². The summed E-state index contributed by atoms with van der Waals surface area (Å²) in [6.45, 7) is 1.06. The zero-order valence-corrected chi connectivity index (χ0v) is 10.7. The fraction of sp³-hybridized carbons (Fsp3) is 0.200. The maximum Gasteiger partial charge on any atom is 0.231 e. The van der Waals surface area contributed by atoms with Crippen LogP contribution in [0.5, 0.6) is 17.2 Å². The quantitative estimate of drug-likeness (QED) is 0.913. The molecule has 2 aromatic rings. The van der Waals surface area contributed by atoms with E-state index in [9.17, 15) is 0 Å². The number of methoxy groups -OCH3 is 1. The highest BCUT2D eigenvalue weighted by atomic mass is 16.7. The molecule has 0 saturated heterocycles. The Balaban J connectivity index is 1.65. The molecular weight excluding hydrogens is 242 g/mol. The Hall–Kier alpha value is -2.36. The van der Waals surface area contributed by atoms with E-state index in [-0.39, 0.29) is 0 Å². The number of hydrogen-bond acceptors (Lipinski definition) is 4. The highest BCUT2D eigenvalue weighted by molar-refractivity contribution is 5.55. The molecule has 0 atom stereocenters. The van der Waals surface area contributed by atoms with Crippen LogP contribution >= 0.6 is 0 Å². The van der Waals surface area contributed by atoms with E-state index in [1.807, 2.05) is 42.5 Å². The zero-order chi connectivity index (χ0) is 13.1. The van der Waals surface area contributed by atoms with Gasteiger partial charge in [-0.3, -0.25) is 0 Å². The third-order valence-corrected chi connectivity index (χ3v) is 3.03. The molecule has 0 unspecified atom stereocenters. The van der Waals surface area contributed by atoms with Crippen LogP contribution in [0.1, 0.15) is 5.56 Å². The molecule has 0 aromatic heterocycles. The summed E-state index contributed by atoms with van der Waals surface area (Å²) in [5.41, 5.74) is 2.21. The fourth-order valence-electron chi connectivity index (χ4n) is 1.95. The van der Waals surface area contributed by atoms with E-state index in [2.05, 4.69) is 5.32 Å². The molecule has 98 valence electrons. The van der Waals surface area contributed by atoms with E-state index < -0.39 is 0 Å². The Morgan fingerprint density at radius 1 is 1.05 bits per heavy atom. The Bertz CT molecular complexity index is 566. The van der Waals surface area contributed by atoms with Crippen molar-refractivity contribution >= 4 is 5.69 Å². The molecule has 4 heteroatoms. The zero-order valence-electron chi connectivity index (χ0n) is 10.7. The minimum Gasteiger partial charge on any atom is -0.497 e. The van der Waals surface area contributed by atoms with Gasteiger partial charge in [0.2, 0.25) is 6.79 Å². The fourth-order valence-corrected chi connectivity index (χ4v) is 1.95. The Kier molecular flexibility index (Phi) is 3.14. The first-order chi connectivity index (χ1) is 9.35. The summed E-state index contributed by atoms with van der Waals surface area (Å²) in [6.07, 6.45) is 0. The van der Waals surface area contributed by atoms with E-state index in [0.717, 1.165) is 29.5 Å². The molecule has 0 bridgehead atoms. The highest BCUT2D eigenvalue weighted by Crippen LogP contribution is 2.34. The molecular formula is C15H15NO3. The normalized spacial score (nSPS) is 12.3. The maximum atomic E-state index is 5.34. The van der Waals surface area contributed by atoms with Gasteiger partial charge in [-0.1, -0.05) is 12.1 Å². The van der Waals surface area contributed by atoms with Crippen molar-refractivity contribution in [2.75, 3.05) is 19.2 Å². The second kappa shape index (κ2) is 5.10. The van der Waals surface area contributed by atoms with Gasteiger partial charge >= 0.3 is 0 Å².